The van der Waals surface area contributed by atoms with Crippen LogP contribution in [0.2, 0.25) is 0 Å². The number of benzene rings is 2. The summed E-state index contributed by atoms with van der Waals surface area (Å²) in [6.07, 6.45) is 0.641. The van der Waals surface area contributed by atoms with E-state index in [9.17, 15) is 14.0 Å². The lowest BCUT2D eigenvalue weighted by molar-refractivity contribution is -0.128. The van der Waals surface area contributed by atoms with Crippen molar-refractivity contribution in [1.29, 1.82) is 0 Å². The number of hydrogen-bond donors (Lipinski definition) is 2. The van der Waals surface area contributed by atoms with E-state index in [4.69, 9.17) is 4.74 Å². The number of ether oxygens (including phenoxy) is 1. The average molecular weight is 395 g/mol. The van der Waals surface area contributed by atoms with Gasteiger partial charge in [0.15, 0.2) is 5.60 Å². The third kappa shape index (κ3) is 5.07. The van der Waals surface area contributed by atoms with Crippen LogP contribution in [-0.4, -0.2) is 21.5 Å². The minimum absolute atomic E-state index is 0.227. The van der Waals surface area contributed by atoms with Gasteiger partial charge in [-0.15, -0.1) is 0 Å². The number of aryl methyl sites for hydroxylation is 1. The lowest BCUT2D eigenvalue weighted by Gasteiger charge is -2.25. The first-order valence-electron chi connectivity index (χ1n) is 9.23. The highest BCUT2D eigenvalue weighted by molar-refractivity contribution is 5.97. The number of carbonyl (C=O) groups excluding carboxylic acids is 1. The number of halogens is 1. The van der Waals surface area contributed by atoms with Gasteiger partial charge in [-0.3, -0.25) is 9.59 Å². The van der Waals surface area contributed by atoms with Gasteiger partial charge in [0.05, 0.1) is 0 Å². The van der Waals surface area contributed by atoms with E-state index in [1.807, 2.05) is 6.92 Å². The van der Waals surface area contributed by atoms with Crippen LogP contribution in [0.5, 0.6) is 5.75 Å². The fraction of sp³-hybridized carbons (Fsp3) is 0.227. The van der Waals surface area contributed by atoms with Crippen LogP contribution in [-0.2, 0) is 11.2 Å². The molecule has 0 saturated carbocycles. The minimum atomic E-state index is -1.19. The van der Waals surface area contributed by atoms with Gasteiger partial charge in [0.2, 0.25) is 0 Å². The molecule has 29 heavy (non-hydrogen) atoms. The van der Waals surface area contributed by atoms with Crippen molar-refractivity contribution in [2.45, 2.75) is 32.8 Å². The fourth-order valence-corrected chi connectivity index (χ4v) is 2.70. The van der Waals surface area contributed by atoms with E-state index in [1.54, 1.807) is 38.1 Å². The summed E-state index contributed by atoms with van der Waals surface area (Å²) in [5.41, 5.74) is 0.477. The van der Waals surface area contributed by atoms with Crippen molar-refractivity contribution in [2.75, 3.05) is 5.32 Å². The number of aromatic amines is 1. The molecule has 0 unspecified atom stereocenters. The predicted molar refractivity (Wildman–Crippen MR) is 109 cm³/mol. The van der Waals surface area contributed by atoms with Crippen molar-refractivity contribution in [2.24, 2.45) is 0 Å². The molecular formula is C22H22FN3O3. The molecule has 1 heterocycles. The van der Waals surface area contributed by atoms with E-state index in [1.165, 1.54) is 30.3 Å². The fourth-order valence-electron chi connectivity index (χ4n) is 2.70. The zero-order valence-corrected chi connectivity index (χ0v) is 16.5. The summed E-state index contributed by atoms with van der Waals surface area (Å²) in [5.74, 6) is 0.0729. The second-order valence-corrected chi connectivity index (χ2v) is 7.04. The second kappa shape index (κ2) is 8.26. The SMILES string of the molecule is CCc1cc(=O)[nH]c(-c2cccc(NC(=O)C(C)(C)Oc3ccc(F)cc3)c2)n1. The van der Waals surface area contributed by atoms with Crippen molar-refractivity contribution in [3.63, 3.8) is 0 Å². The first-order valence-corrected chi connectivity index (χ1v) is 9.23. The Morgan fingerprint density at radius 3 is 2.59 bits per heavy atom. The Bertz CT molecular complexity index is 1080. The van der Waals surface area contributed by atoms with Gasteiger partial charge in [0.1, 0.15) is 17.4 Å². The molecule has 0 aliphatic heterocycles. The molecule has 0 spiro atoms. The zero-order chi connectivity index (χ0) is 21.0. The van der Waals surface area contributed by atoms with Crippen LogP contribution in [0, 0.1) is 5.82 Å². The molecular weight excluding hydrogens is 373 g/mol. The van der Waals surface area contributed by atoms with Crippen molar-refractivity contribution in [3.05, 3.63) is 76.5 Å². The molecule has 0 fully saturated rings. The largest absolute Gasteiger partial charge is 0.478 e. The molecule has 0 saturated heterocycles. The van der Waals surface area contributed by atoms with Crippen molar-refractivity contribution in [3.8, 4) is 17.1 Å². The number of aromatic nitrogens is 2. The summed E-state index contributed by atoms with van der Waals surface area (Å²) >= 11 is 0. The third-order valence-corrected chi connectivity index (χ3v) is 4.28. The molecule has 1 amide bonds. The zero-order valence-electron chi connectivity index (χ0n) is 16.5. The lowest BCUT2D eigenvalue weighted by Crippen LogP contribution is -2.42. The van der Waals surface area contributed by atoms with Crippen LogP contribution >= 0.6 is 0 Å². The summed E-state index contributed by atoms with van der Waals surface area (Å²) in [6.45, 7) is 5.17. The van der Waals surface area contributed by atoms with Crippen molar-refractivity contribution in [1.82, 2.24) is 9.97 Å². The highest BCUT2D eigenvalue weighted by atomic mass is 19.1. The van der Waals surface area contributed by atoms with E-state index < -0.39 is 5.60 Å². The molecule has 150 valence electrons. The molecule has 2 N–H and O–H groups in total. The van der Waals surface area contributed by atoms with Crippen LogP contribution in [0.4, 0.5) is 10.1 Å². The molecule has 1 aromatic heterocycles. The first kappa shape index (κ1) is 20.3. The van der Waals surface area contributed by atoms with E-state index in [0.717, 1.165) is 0 Å². The molecule has 3 aromatic rings. The highest BCUT2D eigenvalue weighted by Crippen LogP contribution is 2.23. The van der Waals surface area contributed by atoms with Crippen molar-refractivity contribution >= 4 is 11.6 Å². The van der Waals surface area contributed by atoms with Crippen LogP contribution < -0.4 is 15.6 Å². The summed E-state index contributed by atoms with van der Waals surface area (Å²) in [4.78, 5) is 31.7. The molecule has 0 radical (unpaired) electrons. The van der Waals surface area contributed by atoms with Gasteiger partial charge in [-0.1, -0.05) is 19.1 Å². The van der Waals surface area contributed by atoms with E-state index in [2.05, 4.69) is 15.3 Å². The number of amides is 1. The molecule has 0 aliphatic carbocycles. The lowest BCUT2D eigenvalue weighted by atomic mass is 10.1. The molecule has 0 aliphatic rings. The van der Waals surface area contributed by atoms with Gasteiger partial charge in [-0.25, -0.2) is 9.37 Å². The van der Waals surface area contributed by atoms with Crippen LogP contribution in [0.1, 0.15) is 26.5 Å². The quantitative estimate of drug-likeness (QED) is 0.662. The molecule has 6 nitrogen and oxygen atoms in total. The Hall–Kier alpha value is -3.48. The third-order valence-electron chi connectivity index (χ3n) is 4.28. The second-order valence-electron chi connectivity index (χ2n) is 7.04. The highest BCUT2D eigenvalue weighted by Gasteiger charge is 2.30. The maximum absolute atomic E-state index is 13.1. The minimum Gasteiger partial charge on any atom is -0.478 e. The Balaban J connectivity index is 1.78. The topological polar surface area (TPSA) is 84.1 Å². The van der Waals surface area contributed by atoms with Gasteiger partial charge >= 0.3 is 0 Å². The molecule has 0 bridgehead atoms. The van der Waals surface area contributed by atoms with E-state index in [0.29, 0.717) is 34.9 Å². The number of nitrogens with one attached hydrogen (secondary N) is 2. The average Bonchev–Trinajstić information content (AvgIpc) is 2.69. The summed E-state index contributed by atoms with van der Waals surface area (Å²) in [5, 5.41) is 2.81. The number of H-pyrrole nitrogens is 1. The number of rotatable bonds is 6. The molecule has 3 rings (SSSR count). The van der Waals surface area contributed by atoms with Crippen LogP contribution in [0.25, 0.3) is 11.4 Å². The maximum Gasteiger partial charge on any atom is 0.267 e. The summed E-state index contributed by atoms with van der Waals surface area (Å²) < 4.78 is 18.8. The number of hydrogen-bond acceptors (Lipinski definition) is 4. The van der Waals surface area contributed by atoms with Gasteiger partial charge in [-0.2, -0.15) is 0 Å². The van der Waals surface area contributed by atoms with E-state index in [-0.39, 0.29) is 17.3 Å². The monoisotopic (exact) mass is 395 g/mol. The Labute approximate surface area is 167 Å². The van der Waals surface area contributed by atoms with Gasteiger partial charge < -0.3 is 15.0 Å². The maximum atomic E-state index is 13.1. The number of nitrogens with zero attached hydrogens (tertiary/aromatic N) is 1. The van der Waals surface area contributed by atoms with Crippen LogP contribution in [0.15, 0.2) is 59.4 Å². The Kier molecular flexibility index (Phi) is 5.77. The van der Waals surface area contributed by atoms with Crippen molar-refractivity contribution < 1.29 is 13.9 Å². The van der Waals surface area contributed by atoms with E-state index >= 15 is 0 Å². The van der Waals surface area contributed by atoms with Gasteiger partial charge in [0, 0.05) is 23.0 Å². The molecule has 7 heteroatoms. The standard InChI is InChI=1S/C22H22FN3O3/c1-4-16-13-19(27)26-20(24-16)14-6-5-7-17(12-14)25-21(28)22(2,3)29-18-10-8-15(23)9-11-18/h5-13H,4H2,1-3H3,(H,25,28)(H,24,26,27). The Morgan fingerprint density at radius 1 is 1.17 bits per heavy atom. The smallest absolute Gasteiger partial charge is 0.267 e. The number of anilines is 1. The van der Waals surface area contributed by atoms with Crippen LogP contribution in [0.3, 0.4) is 0 Å². The normalized spacial score (nSPS) is 11.2. The molecule has 0 atom stereocenters. The van der Waals surface area contributed by atoms with Gasteiger partial charge in [0.25, 0.3) is 11.5 Å². The predicted octanol–water partition coefficient (Wildman–Crippen LogP) is 3.93. The first-order chi connectivity index (χ1) is 13.8. The number of carbonyl (C=O) groups is 1. The Morgan fingerprint density at radius 2 is 1.90 bits per heavy atom. The summed E-state index contributed by atoms with van der Waals surface area (Å²) in [7, 11) is 0. The molecule has 2 aromatic carbocycles. The summed E-state index contributed by atoms with van der Waals surface area (Å²) in [6, 6.07) is 14.0. The van der Waals surface area contributed by atoms with Gasteiger partial charge in [-0.05, 0) is 56.7 Å².